The lowest BCUT2D eigenvalue weighted by atomic mass is 9.96. The standard InChI is InChI=1S/C7H6F5NOS/c8-15(9,10,11,12)7-2-5-4(3-13)1-6(7)14-5/h2,4-6H,1H2. The number of hydrogen-bond acceptors (Lipinski definition) is 2. The van der Waals surface area contributed by atoms with Crippen LogP contribution in [0.5, 0.6) is 0 Å². The Morgan fingerprint density at radius 3 is 2.27 bits per heavy atom. The van der Waals surface area contributed by atoms with Gasteiger partial charge in [-0.25, -0.2) is 0 Å². The molecule has 0 radical (unpaired) electrons. The normalized spacial score (nSPS) is 39.2. The van der Waals surface area contributed by atoms with Gasteiger partial charge in [0, 0.05) is 0 Å². The third kappa shape index (κ3) is 1.70. The maximum atomic E-state index is 12.4. The van der Waals surface area contributed by atoms with Gasteiger partial charge in [0.1, 0.15) is 4.91 Å². The molecule has 2 rings (SSSR count). The van der Waals surface area contributed by atoms with Crippen molar-refractivity contribution in [3.05, 3.63) is 11.0 Å². The zero-order chi connectivity index (χ0) is 11.5. The van der Waals surface area contributed by atoms with E-state index in [0.717, 1.165) is 0 Å². The first-order chi connectivity index (χ1) is 6.51. The summed E-state index contributed by atoms with van der Waals surface area (Å²) in [6.07, 6.45) is -2.77. The second-order valence-corrected chi connectivity index (χ2v) is 6.01. The highest BCUT2D eigenvalue weighted by Gasteiger charge is 2.71. The first-order valence-corrected chi connectivity index (χ1v) is 5.97. The first kappa shape index (κ1) is 10.7. The Morgan fingerprint density at radius 2 is 1.93 bits per heavy atom. The maximum absolute atomic E-state index is 12.4. The second-order valence-electron chi connectivity index (χ2n) is 3.60. The second kappa shape index (κ2) is 2.15. The highest BCUT2D eigenvalue weighted by atomic mass is 32.5. The zero-order valence-corrected chi connectivity index (χ0v) is 7.99. The van der Waals surface area contributed by atoms with E-state index in [1.807, 2.05) is 0 Å². The molecule has 0 N–H and O–H groups in total. The molecule has 2 bridgehead atoms. The molecule has 15 heavy (non-hydrogen) atoms. The molecule has 2 heterocycles. The molecule has 2 nitrogen and oxygen atoms in total. The van der Waals surface area contributed by atoms with E-state index in [1.54, 1.807) is 6.07 Å². The van der Waals surface area contributed by atoms with E-state index in [4.69, 9.17) is 5.26 Å². The minimum Gasteiger partial charge on any atom is -0.364 e. The topological polar surface area (TPSA) is 33.0 Å². The molecule has 3 unspecified atom stereocenters. The van der Waals surface area contributed by atoms with Crippen LogP contribution in [0.4, 0.5) is 19.4 Å². The fourth-order valence-electron chi connectivity index (χ4n) is 1.82. The summed E-state index contributed by atoms with van der Waals surface area (Å²) in [5.41, 5.74) is 0. The molecular weight excluding hydrogens is 241 g/mol. The predicted molar refractivity (Wildman–Crippen MR) is 43.6 cm³/mol. The van der Waals surface area contributed by atoms with Crippen molar-refractivity contribution in [2.75, 3.05) is 0 Å². The summed E-state index contributed by atoms with van der Waals surface area (Å²) in [6.45, 7) is 0. The van der Waals surface area contributed by atoms with E-state index in [0.29, 0.717) is 6.08 Å². The molecule has 0 amide bonds. The Morgan fingerprint density at radius 1 is 1.33 bits per heavy atom. The van der Waals surface area contributed by atoms with Gasteiger partial charge in [-0.15, -0.1) is 0 Å². The van der Waals surface area contributed by atoms with Crippen molar-refractivity contribution in [3.8, 4) is 6.07 Å². The van der Waals surface area contributed by atoms with Crippen LogP contribution >= 0.6 is 10.2 Å². The number of rotatable bonds is 1. The molecule has 0 aromatic carbocycles. The van der Waals surface area contributed by atoms with E-state index in [2.05, 4.69) is 4.74 Å². The monoisotopic (exact) mass is 247 g/mol. The summed E-state index contributed by atoms with van der Waals surface area (Å²) in [6, 6.07) is 1.72. The molecule has 2 aliphatic rings. The zero-order valence-electron chi connectivity index (χ0n) is 7.17. The summed E-state index contributed by atoms with van der Waals surface area (Å²) >= 11 is 0. The van der Waals surface area contributed by atoms with Crippen LogP contribution in [0.15, 0.2) is 11.0 Å². The number of halogens is 5. The lowest BCUT2D eigenvalue weighted by Crippen LogP contribution is -2.21. The van der Waals surface area contributed by atoms with Crippen LogP contribution in [-0.2, 0) is 4.74 Å². The smallest absolute Gasteiger partial charge is 0.309 e. The molecule has 3 atom stereocenters. The summed E-state index contributed by atoms with van der Waals surface area (Å²) in [5.74, 6) is -0.751. The fourth-order valence-corrected chi connectivity index (χ4v) is 2.86. The van der Waals surface area contributed by atoms with Gasteiger partial charge in [0.2, 0.25) is 0 Å². The van der Waals surface area contributed by atoms with Crippen LogP contribution in [-0.4, -0.2) is 12.2 Å². The minimum absolute atomic E-state index is 0.307. The van der Waals surface area contributed by atoms with Crippen molar-refractivity contribution in [1.29, 1.82) is 5.26 Å². The molecule has 0 saturated carbocycles. The average molecular weight is 247 g/mol. The highest BCUT2D eigenvalue weighted by Crippen LogP contribution is 3.03. The van der Waals surface area contributed by atoms with Gasteiger partial charge in [0.05, 0.1) is 24.2 Å². The predicted octanol–water partition coefficient (Wildman–Crippen LogP) is 3.48. The van der Waals surface area contributed by atoms with Gasteiger partial charge >= 0.3 is 10.2 Å². The number of fused-ring (bicyclic) bond motifs is 2. The van der Waals surface area contributed by atoms with E-state index >= 15 is 0 Å². The SMILES string of the molecule is N#CC1CC2OC1C=C2S(F)(F)(F)(F)F. The molecule has 8 heteroatoms. The van der Waals surface area contributed by atoms with Crippen LogP contribution in [0.25, 0.3) is 0 Å². The van der Waals surface area contributed by atoms with Gasteiger partial charge in [-0.2, -0.15) is 5.26 Å². The summed E-state index contributed by atoms with van der Waals surface area (Å²) in [7, 11) is -9.60. The van der Waals surface area contributed by atoms with Crippen molar-refractivity contribution < 1.29 is 24.2 Å². The molecular formula is C7H6F5NOS. The molecule has 1 saturated heterocycles. The highest BCUT2D eigenvalue weighted by molar-refractivity contribution is 8.48. The Labute approximate surface area is 82.0 Å². The number of nitriles is 1. The lowest BCUT2D eigenvalue weighted by Gasteiger charge is -2.43. The molecule has 0 aliphatic carbocycles. The van der Waals surface area contributed by atoms with E-state index in [1.165, 1.54) is 0 Å². The Bertz CT molecular complexity index is 393. The van der Waals surface area contributed by atoms with E-state index < -0.39 is 33.3 Å². The number of hydrogen-bond donors (Lipinski definition) is 0. The van der Waals surface area contributed by atoms with Crippen molar-refractivity contribution in [3.63, 3.8) is 0 Å². The maximum Gasteiger partial charge on any atom is 0.309 e. The van der Waals surface area contributed by atoms with Crippen LogP contribution in [0.3, 0.4) is 0 Å². The molecule has 0 aromatic rings. The van der Waals surface area contributed by atoms with Crippen molar-refractivity contribution in [2.24, 2.45) is 5.92 Å². The molecule has 0 aromatic heterocycles. The number of nitrogens with zero attached hydrogens (tertiary/aromatic N) is 1. The Hall–Kier alpha value is -0.810. The molecule has 86 valence electrons. The lowest BCUT2D eigenvalue weighted by molar-refractivity contribution is 0.111. The van der Waals surface area contributed by atoms with Crippen LogP contribution in [0.2, 0.25) is 0 Å². The largest absolute Gasteiger partial charge is 0.364 e. The average Bonchev–Trinajstić information content (AvgIpc) is 2.56. The fraction of sp³-hybridized carbons (Fsp3) is 0.571. The van der Waals surface area contributed by atoms with Gasteiger partial charge in [-0.05, 0) is 12.5 Å². The third-order valence-electron chi connectivity index (χ3n) is 2.44. The van der Waals surface area contributed by atoms with Gasteiger partial charge in [-0.1, -0.05) is 19.4 Å². The van der Waals surface area contributed by atoms with Crippen molar-refractivity contribution in [2.45, 2.75) is 18.6 Å². The molecule has 1 fully saturated rings. The summed E-state index contributed by atoms with van der Waals surface area (Å²) in [4.78, 5) is -1.87. The first-order valence-electron chi connectivity index (χ1n) is 4.02. The van der Waals surface area contributed by atoms with E-state index in [9.17, 15) is 19.4 Å². The minimum atomic E-state index is -9.60. The van der Waals surface area contributed by atoms with Gasteiger partial charge in [0.15, 0.2) is 0 Å². The van der Waals surface area contributed by atoms with E-state index in [-0.39, 0.29) is 6.42 Å². The summed E-state index contributed by atoms with van der Waals surface area (Å²) < 4.78 is 66.5. The van der Waals surface area contributed by atoms with Crippen LogP contribution in [0, 0.1) is 17.2 Å². The third-order valence-corrected chi connectivity index (χ3v) is 3.73. The number of ether oxygens (including phenoxy) is 1. The Kier molecular flexibility index (Phi) is 1.53. The van der Waals surface area contributed by atoms with Crippen molar-refractivity contribution in [1.82, 2.24) is 0 Å². The van der Waals surface area contributed by atoms with Gasteiger partial charge in [0.25, 0.3) is 0 Å². The van der Waals surface area contributed by atoms with Gasteiger partial charge < -0.3 is 4.74 Å². The molecule has 2 aliphatic heterocycles. The van der Waals surface area contributed by atoms with Crippen LogP contribution < -0.4 is 0 Å². The summed E-state index contributed by atoms with van der Waals surface area (Å²) in [5, 5.41) is 8.49. The molecule has 0 spiro atoms. The quantitative estimate of drug-likeness (QED) is 0.664. The van der Waals surface area contributed by atoms with Crippen molar-refractivity contribution >= 4 is 10.2 Å². The van der Waals surface area contributed by atoms with Crippen LogP contribution in [0.1, 0.15) is 6.42 Å². The Balaban J connectivity index is 2.41. The van der Waals surface area contributed by atoms with Gasteiger partial charge in [-0.3, -0.25) is 0 Å².